The number of benzene rings is 1. The number of thiazole rings is 1. The van der Waals surface area contributed by atoms with E-state index in [0.717, 1.165) is 11.4 Å². The molecule has 0 radical (unpaired) electrons. The Hall–Kier alpha value is -2.21. The Kier molecular flexibility index (Phi) is 7.78. The summed E-state index contributed by atoms with van der Waals surface area (Å²) in [5.41, 5.74) is 2.34. The van der Waals surface area contributed by atoms with Crippen LogP contribution in [0.3, 0.4) is 0 Å². The van der Waals surface area contributed by atoms with E-state index in [4.69, 9.17) is 0 Å². The molecule has 0 fully saturated rings. The van der Waals surface area contributed by atoms with Crippen LogP contribution in [0.25, 0.3) is 0 Å². The zero-order valence-corrected chi connectivity index (χ0v) is 16.6. The molecule has 2 aromatic rings. The zero-order chi connectivity index (χ0) is 18.9. The van der Waals surface area contributed by atoms with E-state index >= 15 is 0 Å². The van der Waals surface area contributed by atoms with Gasteiger partial charge in [-0.1, -0.05) is 38.3 Å². The molecule has 0 aliphatic rings. The minimum atomic E-state index is -0.212. The molecule has 0 bridgehead atoms. The Morgan fingerprint density at radius 3 is 2.54 bits per heavy atom. The first-order chi connectivity index (χ1) is 12.5. The first-order valence-electron chi connectivity index (χ1n) is 9.06. The number of carbonyl (C=O) groups is 2. The van der Waals surface area contributed by atoms with Crippen LogP contribution in [0.2, 0.25) is 0 Å². The maximum atomic E-state index is 12.6. The SMILES string of the molecule is CCCCCCc1ccc(C(=O)N(C)Cc2nc(C(=O)NC)cs2)cc1. The average Bonchev–Trinajstić information content (AvgIpc) is 3.13. The topological polar surface area (TPSA) is 62.3 Å². The Balaban J connectivity index is 1.91. The quantitative estimate of drug-likeness (QED) is 0.678. The van der Waals surface area contributed by atoms with Crippen molar-refractivity contribution in [3.8, 4) is 0 Å². The van der Waals surface area contributed by atoms with Crippen molar-refractivity contribution in [2.24, 2.45) is 0 Å². The van der Waals surface area contributed by atoms with E-state index in [0.29, 0.717) is 17.8 Å². The van der Waals surface area contributed by atoms with Crippen LogP contribution in [0.4, 0.5) is 0 Å². The van der Waals surface area contributed by atoms with Crippen LogP contribution in [0.1, 0.15) is 64.0 Å². The minimum absolute atomic E-state index is 0.0424. The van der Waals surface area contributed by atoms with Gasteiger partial charge >= 0.3 is 0 Å². The summed E-state index contributed by atoms with van der Waals surface area (Å²) in [6, 6.07) is 7.87. The number of rotatable bonds is 9. The molecule has 0 saturated carbocycles. The molecule has 0 aliphatic heterocycles. The largest absolute Gasteiger partial charge is 0.354 e. The third-order valence-electron chi connectivity index (χ3n) is 4.25. The molecule has 1 aromatic heterocycles. The number of hydrogen-bond acceptors (Lipinski definition) is 4. The van der Waals surface area contributed by atoms with Crippen LogP contribution < -0.4 is 5.32 Å². The maximum absolute atomic E-state index is 12.6. The maximum Gasteiger partial charge on any atom is 0.270 e. The number of carbonyl (C=O) groups excluding carboxylic acids is 2. The third kappa shape index (κ3) is 5.66. The van der Waals surface area contributed by atoms with Crippen molar-refractivity contribution in [2.45, 2.75) is 45.6 Å². The molecule has 1 heterocycles. The van der Waals surface area contributed by atoms with E-state index in [-0.39, 0.29) is 11.8 Å². The lowest BCUT2D eigenvalue weighted by atomic mass is 10.0. The van der Waals surface area contributed by atoms with Crippen molar-refractivity contribution in [2.75, 3.05) is 14.1 Å². The highest BCUT2D eigenvalue weighted by Gasteiger charge is 2.15. The van der Waals surface area contributed by atoms with Gasteiger partial charge < -0.3 is 10.2 Å². The van der Waals surface area contributed by atoms with E-state index in [1.54, 1.807) is 24.4 Å². The molecule has 0 spiro atoms. The van der Waals surface area contributed by atoms with Gasteiger partial charge in [0.25, 0.3) is 11.8 Å². The van der Waals surface area contributed by atoms with Gasteiger partial charge in [0.2, 0.25) is 0 Å². The number of nitrogens with one attached hydrogen (secondary N) is 1. The van der Waals surface area contributed by atoms with Crippen molar-refractivity contribution in [3.05, 3.63) is 51.5 Å². The van der Waals surface area contributed by atoms with Gasteiger partial charge in [0.15, 0.2) is 0 Å². The second-order valence-electron chi connectivity index (χ2n) is 6.37. The molecule has 0 atom stereocenters. The lowest BCUT2D eigenvalue weighted by molar-refractivity contribution is 0.0785. The number of hydrogen-bond donors (Lipinski definition) is 1. The number of nitrogens with zero attached hydrogens (tertiary/aromatic N) is 2. The Morgan fingerprint density at radius 1 is 1.15 bits per heavy atom. The molecule has 0 aliphatic carbocycles. The van der Waals surface area contributed by atoms with Gasteiger partial charge in [0, 0.05) is 25.0 Å². The molecule has 0 saturated heterocycles. The Labute approximate surface area is 159 Å². The molecule has 1 N–H and O–H groups in total. The summed E-state index contributed by atoms with van der Waals surface area (Å²) in [7, 11) is 3.33. The van der Waals surface area contributed by atoms with Crippen LogP contribution in [0.5, 0.6) is 0 Å². The summed E-state index contributed by atoms with van der Waals surface area (Å²) in [6.07, 6.45) is 6.03. The first kappa shape index (κ1) is 20.1. The molecule has 6 heteroatoms. The number of aromatic nitrogens is 1. The van der Waals surface area contributed by atoms with Crippen LogP contribution in [-0.2, 0) is 13.0 Å². The lowest BCUT2D eigenvalue weighted by Crippen LogP contribution is -2.26. The molecule has 2 rings (SSSR count). The summed E-state index contributed by atoms with van der Waals surface area (Å²) in [5.74, 6) is -0.254. The summed E-state index contributed by atoms with van der Waals surface area (Å²) in [4.78, 5) is 30.0. The highest BCUT2D eigenvalue weighted by molar-refractivity contribution is 7.09. The fraction of sp³-hybridized carbons (Fsp3) is 0.450. The standard InChI is InChI=1S/C20H27N3O2S/c1-4-5-6-7-8-15-9-11-16(12-10-15)20(25)23(3)13-18-22-17(14-26-18)19(24)21-2/h9-12,14H,4-8,13H2,1-3H3,(H,21,24). The van der Waals surface area contributed by atoms with Gasteiger partial charge in [-0.05, 0) is 30.5 Å². The summed E-state index contributed by atoms with van der Waals surface area (Å²) in [6.45, 7) is 2.60. The van der Waals surface area contributed by atoms with Gasteiger partial charge in [-0.15, -0.1) is 11.3 Å². The molecule has 140 valence electrons. The van der Waals surface area contributed by atoms with Crippen LogP contribution in [-0.4, -0.2) is 35.8 Å². The molecule has 1 aromatic carbocycles. The molecule has 0 unspecified atom stereocenters. The molecular formula is C20H27N3O2S. The highest BCUT2D eigenvalue weighted by Crippen LogP contribution is 2.15. The second kappa shape index (κ2) is 10.1. The lowest BCUT2D eigenvalue weighted by Gasteiger charge is -2.16. The van der Waals surface area contributed by atoms with Crippen LogP contribution >= 0.6 is 11.3 Å². The zero-order valence-electron chi connectivity index (χ0n) is 15.7. The monoisotopic (exact) mass is 373 g/mol. The van der Waals surface area contributed by atoms with Gasteiger partial charge in [-0.2, -0.15) is 0 Å². The van der Waals surface area contributed by atoms with Crippen molar-refractivity contribution in [1.82, 2.24) is 15.2 Å². The first-order valence-corrected chi connectivity index (χ1v) is 9.94. The molecular weight excluding hydrogens is 346 g/mol. The van der Waals surface area contributed by atoms with E-state index < -0.39 is 0 Å². The Bertz CT molecular complexity index is 725. The fourth-order valence-electron chi connectivity index (χ4n) is 2.68. The van der Waals surface area contributed by atoms with E-state index in [2.05, 4.69) is 17.2 Å². The smallest absolute Gasteiger partial charge is 0.270 e. The normalized spacial score (nSPS) is 10.6. The van der Waals surface area contributed by atoms with Crippen LogP contribution in [0, 0.1) is 0 Å². The summed E-state index contributed by atoms with van der Waals surface area (Å²) in [5, 5.41) is 5.00. The minimum Gasteiger partial charge on any atom is -0.354 e. The van der Waals surface area contributed by atoms with E-state index in [1.165, 1.54) is 42.6 Å². The van der Waals surface area contributed by atoms with Crippen molar-refractivity contribution < 1.29 is 9.59 Å². The molecule has 2 amide bonds. The molecule has 26 heavy (non-hydrogen) atoms. The second-order valence-corrected chi connectivity index (χ2v) is 7.32. The van der Waals surface area contributed by atoms with Crippen molar-refractivity contribution in [1.29, 1.82) is 0 Å². The van der Waals surface area contributed by atoms with Crippen LogP contribution in [0.15, 0.2) is 29.6 Å². The van der Waals surface area contributed by atoms with Gasteiger partial charge in [-0.25, -0.2) is 4.98 Å². The fourth-order valence-corrected chi connectivity index (χ4v) is 3.51. The summed E-state index contributed by atoms with van der Waals surface area (Å²) >= 11 is 1.38. The van der Waals surface area contributed by atoms with Gasteiger partial charge in [-0.3, -0.25) is 9.59 Å². The number of amides is 2. The van der Waals surface area contributed by atoms with Gasteiger partial charge in [0.05, 0.1) is 6.54 Å². The number of unbranched alkanes of at least 4 members (excludes halogenated alkanes) is 3. The summed E-state index contributed by atoms with van der Waals surface area (Å²) < 4.78 is 0. The average molecular weight is 374 g/mol. The third-order valence-corrected chi connectivity index (χ3v) is 5.08. The predicted molar refractivity (Wildman–Crippen MR) is 106 cm³/mol. The van der Waals surface area contributed by atoms with E-state index in [1.807, 2.05) is 24.3 Å². The van der Waals surface area contributed by atoms with Gasteiger partial charge in [0.1, 0.15) is 10.7 Å². The predicted octanol–water partition coefficient (Wildman–Crippen LogP) is 3.90. The molecule has 5 nitrogen and oxygen atoms in total. The number of aryl methyl sites for hydroxylation is 1. The van der Waals surface area contributed by atoms with Crippen molar-refractivity contribution in [3.63, 3.8) is 0 Å². The highest BCUT2D eigenvalue weighted by atomic mass is 32.1. The Morgan fingerprint density at radius 2 is 1.88 bits per heavy atom. The van der Waals surface area contributed by atoms with Crippen molar-refractivity contribution >= 4 is 23.2 Å². The van der Waals surface area contributed by atoms with E-state index in [9.17, 15) is 9.59 Å².